The number of methoxy groups -OCH3 is 1. The Morgan fingerprint density at radius 2 is 1.88 bits per heavy atom. The Morgan fingerprint density at radius 3 is 2.44 bits per heavy atom. The fourth-order valence-electron chi connectivity index (χ4n) is 3.83. The lowest BCUT2D eigenvalue weighted by Gasteiger charge is -2.29. The van der Waals surface area contributed by atoms with Crippen LogP contribution < -0.4 is 10.1 Å². The first-order chi connectivity index (χ1) is 15.3. The van der Waals surface area contributed by atoms with Crippen molar-refractivity contribution in [2.24, 2.45) is 5.92 Å². The molecule has 1 fully saturated rings. The molecule has 0 spiro atoms. The molecule has 3 rings (SSSR count). The summed E-state index contributed by atoms with van der Waals surface area (Å²) in [7, 11) is 1.65. The molecule has 0 aliphatic heterocycles. The Labute approximate surface area is 194 Å². The third kappa shape index (κ3) is 5.26. The van der Waals surface area contributed by atoms with Gasteiger partial charge in [-0.2, -0.15) is 5.26 Å². The van der Waals surface area contributed by atoms with Gasteiger partial charge >= 0.3 is 0 Å². The molecule has 7 nitrogen and oxygen atoms in total. The van der Waals surface area contributed by atoms with Gasteiger partial charge in [-0.05, 0) is 56.9 Å². The second-order valence-corrected chi connectivity index (χ2v) is 10.2. The number of nitrogens with one attached hydrogen (secondary N) is 1. The minimum absolute atomic E-state index is 0.00113. The highest BCUT2D eigenvalue weighted by Gasteiger charge is 2.33. The first-order valence-electron chi connectivity index (χ1n) is 11.3. The molecule has 0 saturated heterocycles. The molecule has 172 valence electrons. The average Bonchev–Trinajstić information content (AvgIpc) is 3.22. The van der Waals surface area contributed by atoms with Crippen molar-refractivity contribution in [2.45, 2.75) is 81.8 Å². The van der Waals surface area contributed by atoms with E-state index >= 15 is 0 Å². The highest BCUT2D eigenvalue weighted by atomic mass is 32.2. The standard InChI is InChI=1S/C24H33N5O2S/c1-16(2)24(4,15-25)26-22(30)17(3)32-23-28-27-21(18-11-13-20(31-5)14-12-18)29(23)19-9-7-6-8-10-19/h11-14,16-17,19H,6-10H2,1-5H3,(H,26,30). The summed E-state index contributed by atoms with van der Waals surface area (Å²) in [4.78, 5) is 12.9. The molecular formula is C24H33N5O2S. The Morgan fingerprint density at radius 1 is 1.22 bits per heavy atom. The smallest absolute Gasteiger partial charge is 0.234 e. The topological polar surface area (TPSA) is 92.8 Å². The highest BCUT2D eigenvalue weighted by Crippen LogP contribution is 2.37. The summed E-state index contributed by atoms with van der Waals surface area (Å²) in [5.74, 6) is 1.44. The van der Waals surface area contributed by atoms with Crippen LogP contribution in [0.3, 0.4) is 0 Å². The Kier molecular flexibility index (Phi) is 7.83. The van der Waals surface area contributed by atoms with Crippen LogP contribution in [0.4, 0.5) is 0 Å². The van der Waals surface area contributed by atoms with Crippen LogP contribution in [0, 0.1) is 17.2 Å². The molecule has 1 heterocycles. The normalized spacial score (nSPS) is 17.4. The predicted octanol–water partition coefficient (Wildman–Crippen LogP) is 4.99. The number of carbonyl (C=O) groups excluding carboxylic acids is 1. The van der Waals surface area contributed by atoms with Gasteiger partial charge in [-0.15, -0.1) is 10.2 Å². The first kappa shape index (κ1) is 24.1. The van der Waals surface area contributed by atoms with Crippen molar-refractivity contribution in [2.75, 3.05) is 7.11 Å². The fourth-order valence-corrected chi connectivity index (χ4v) is 4.75. The molecule has 1 aromatic heterocycles. The Balaban J connectivity index is 1.88. The van der Waals surface area contributed by atoms with Gasteiger partial charge in [-0.3, -0.25) is 9.36 Å². The molecule has 2 aromatic rings. The minimum atomic E-state index is -0.906. The van der Waals surface area contributed by atoms with Gasteiger partial charge in [0.15, 0.2) is 11.0 Å². The summed E-state index contributed by atoms with van der Waals surface area (Å²) in [6.07, 6.45) is 5.77. The number of amides is 1. The molecule has 1 aliphatic carbocycles. The number of thioether (sulfide) groups is 1. The molecule has 8 heteroatoms. The molecule has 2 atom stereocenters. The van der Waals surface area contributed by atoms with Gasteiger partial charge in [0.1, 0.15) is 11.3 Å². The molecule has 1 saturated carbocycles. The van der Waals surface area contributed by atoms with E-state index in [0.29, 0.717) is 6.04 Å². The second-order valence-electron chi connectivity index (χ2n) is 8.91. The van der Waals surface area contributed by atoms with Crippen LogP contribution >= 0.6 is 11.8 Å². The van der Waals surface area contributed by atoms with Crippen LogP contribution in [0.15, 0.2) is 29.4 Å². The van der Waals surface area contributed by atoms with Crippen LogP contribution in [0.25, 0.3) is 11.4 Å². The molecule has 1 aromatic carbocycles. The fraction of sp³-hybridized carbons (Fsp3) is 0.583. The zero-order chi connectivity index (χ0) is 23.3. The maximum atomic E-state index is 12.9. The van der Waals surface area contributed by atoms with E-state index in [1.165, 1.54) is 31.0 Å². The van der Waals surface area contributed by atoms with Crippen LogP contribution in [-0.4, -0.2) is 38.6 Å². The number of hydrogen-bond donors (Lipinski definition) is 1. The highest BCUT2D eigenvalue weighted by molar-refractivity contribution is 8.00. The van der Waals surface area contributed by atoms with E-state index in [4.69, 9.17) is 4.74 Å². The maximum Gasteiger partial charge on any atom is 0.234 e. The summed E-state index contributed by atoms with van der Waals surface area (Å²) in [6, 6.07) is 10.4. The van der Waals surface area contributed by atoms with Crippen molar-refractivity contribution in [1.29, 1.82) is 5.26 Å². The third-order valence-electron chi connectivity index (χ3n) is 6.37. The van der Waals surface area contributed by atoms with E-state index in [0.717, 1.165) is 35.1 Å². The average molecular weight is 456 g/mol. The molecule has 1 amide bonds. The zero-order valence-corrected chi connectivity index (χ0v) is 20.4. The lowest BCUT2D eigenvalue weighted by molar-refractivity contribution is -0.121. The monoisotopic (exact) mass is 455 g/mol. The van der Waals surface area contributed by atoms with Crippen LogP contribution in [0.1, 0.15) is 65.8 Å². The Hall–Kier alpha value is -2.53. The first-order valence-corrected chi connectivity index (χ1v) is 12.2. The SMILES string of the molecule is COc1ccc(-c2nnc(SC(C)C(=O)NC(C)(C#N)C(C)C)n2C2CCCCC2)cc1. The van der Waals surface area contributed by atoms with Crippen LogP contribution in [0.5, 0.6) is 5.75 Å². The lowest BCUT2D eigenvalue weighted by atomic mass is 9.90. The largest absolute Gasteiger partial charge is 0.497 e. The number of rotatable bonds is 8. The van der Waals surface area contributed by atoms with Crippen molar-refractivity contribution in [3.8, 4) is 23.2 Å². The molecule has 0 radical (unpaired) electrons. The summed E-state index contributed by atoms with van der Waals surface area (Å²) in [6.45, 7) is 7.48. The van der Waals surface area contributed by atoms with E-state index in [1.54, 1.807) is 14.0 Å². The number of hydrogen-bond acceptors (Lipinski definition) is 6. The van der Waals surface area contributed by atoms with Gasteiger partial charge in [0.25, 0.3) is 0 Å². The van der Waals surface area contributed by atoms with Gasteiger partial charge in [0.05, 0.1) is 18.4 Å². The summed E-state index contributed by atoms with van der Waals surface area (Å²) in [5.41, 5.74) is 0.0710. The van der Waals surface area contributed by atoms with Gasteiger partial charge in [-0.1, -0.05) is 44.9 Å². The number of nitrogens with zero attached hydrogens (tertiary/aromatic N) is 4. The van der Waals surface area contributed by atoms with Crippen molar-refractivity contribution in [1.82, 2.24) is 20.1 Å². The summed E-state index contributed by atoms with van der Waals surface area (Å²) in [5, 5.41) is 21.8. The lowest BCUT2D eigenvalue weighted by Crippen LogP contribution is -2.51. The number of benzene rings is 1. The van der Waals surface area contributed by atoms with Crippen molar-refractivity contribution in [3.63, 3.8) is 0 Å². The predicted molar refractivity (Wildman–Crippen MR) is 126 cm³/mol. The minimum Gasteiger partial charge on any atom is -0.497 e. The molecular weight excluding hydrogens is 422 g/mol. The van der Waals surface area contributed by atoms with E-state index in [-0.39, 0.29) is 11.8 Å². The summed E-state index contributed by atoms with van der Waals surface area (Å²) >= 11 is 1.40. The molecule has 1 aliphatic rings. The number of nitriles is 1. The van der Waals surface area contributed by atoms with Gasteiger partial charge in [0.2, 0.25) is 5.91 Å². The number of aromatic nitrogens is 3. The summed E-state index contributed by atoms with van der Waals surface area (Å²) < 4.78 is 7.50. The molecule has 1 N–H and O–H groups in total. The number of ether oxygens (including phenoxy) is 1. The van der Waals surface area contributed by atoms with E-state index < -0.39 is 10.8 Å². The van der Waals surface area contributed by atoms with Gasteiger partial charge in [0, 0.05) is 11.6 Å². The zero-order valence-electron chi connectivity index (χ0n) is 19.6. The van der Waals surface area contributed by atoms with Crippen LogP contribution in [0.2, 0.25) is 0 Å². The Bertz CT molecular complexity index is 960. The van der Waals surface area contributed by atoms with Crippen molar-refractivity contribution < 1.29 is 9.53 Å². The van der Waals surface area contributed by atoms with E-state index in [2.05, 4.69) is 26.2 Å². The second kappa shape index (κ2) is 10.4. The quantitative estimate of drug-likeness (QED) is 0.564. The van der Waals surface area contributed by atoms with Gasteiger partial charge < -0.3 is 10.1 Å². The number of carbonyl (C=O) groups is 1. The van der Waals surface area contributed by atoms with Crippen LogP contribution in [-0.2, 0) is 4.79 Å². The molecule has 2 unspecified atom stereocenters. The van der Waals surface area contributed by atoms with Gasteiger partial charge in [-0.25, -0.2) is 0 Å². The van der Waals surface area contributed by atoms with E-state index in [1.807, 2.05) is 45.0 Å². The van der Waals surface area contributed by atoms with E-state index in [9.17, 15) is 10.1 Å². The maximum absolute atomic E-state index is 12.9. The van der Waals surface area contributed by atoms with Crippen molar-refractivity contribution in [3.05, 3.63) is 24.3 Å². The molecule has 0 bridgehead atoms. The molecule has 32 heavy (non-hydrogen) atoms. The van der Waals surface area contributed by atoms with Crippen molar-refractivity contribution >= 4 is 17.7 Å². The third-order valence-corrected chi connectivity index (χ3v) is 7.43.